The van der Waals surface area contributed by atoms with Gasteiger partial charge in [-0.3, -0.25) is 0 Å². The number of nitrogens with one attached hydrogen (secondary N) is 1. The molecule has 0 radical (unpaired) electrons. The Morgan fingerprint density at radius 1 is 0.957 bits per heavy atom. The van der Waals surface area contributed by atoms with Gasteiger partial charge in [0.05, 0.1) is 11.9 Å². The topological polar surface area (TPSA) is 53.9 Å². The second kappa shape index (κ2) is 6.80. The molecule has 5 nitrogen and oxygen atoms in total. The van der Waals surface area contributed by atoms with E-state index in [2.05, 4.69) is 25.4 Å². The Kier molecular flexibility index (Phi) is 4.59. The van der Waals surface area contributed by atoms with Crippen molar-refractivity contribution >= 4 is 17.5 Å². The first-order valence-corrected chi connectivity index (χ1v) is 7.50. The van der Waals surface area contributed by atoms with Crippen LogP contribution in [-0.4, -0.2) is 28.3 Å². The maximum atomic E-state index is 13.7. The van der Waals surface area contributed by atoms with Crippen molar-refractivity contribution in [1.82, 2.24) is 15.2 Å². The number of rotatable bonds is 3. The summed E-state index contributed by atoms with van der Waals surface area (Å²) >= 11 is 0. The molecule has 0 atom stereocenters. The Morgan fingerprint density at radius 2 is 1.70 bits per heavy atom. The predicted molar refractivity (Wildman–Crippen MR) is 80.1 cm³/mol. The molecule has 122 valence electrons. The van der Waals surface area contributed by atoms with Crippen LogP contribution in [0.1, 0.15) is 25.7 Å². The number of anilines is 3. The van der Waals surface area contributed by atoms with Crippen LogP contribution in [-0.2, 0) is 0 Å². The van der Waals surface area contributed by atoms with Gasteiger partial charge in [0.25, 0.3) is 0 Å². The average Bonchev–Trinajstić information content (AvgIpc) is 2.85. The Hall–Kier alpha value is -2.38. The molecule has 0 bridgehead atoms. The van der Waals surface area contributed by atoms with Gasteiger partial charge >= 0.3 is 0 Å². The van der Waals surface area contributed by atoms with E-state index in [0.29, 0.717) is 5.82 Å². The van der Waals surface area contributed by atoms with E-state index in [1.807, 2.05) is 0 Å². The molecule has 2 heterocycles. The molecule has 1 N–H and O–H groups in total. The Bertz CT molecular complexity index is 687. The molecule has 0 unspecified atom stereocenters. The third-order valence-corrected chi connectivity index (χ3v) is 3.76. The molecule has 1 aromatic heterocycles. The first-order valence-electron chi connectivity index (χ1n) is 7.50. The molecule has 0 aliphatic carbocycles. The van der Waals surface area contributed by atoms with Crippen molar-refractivity contribution in [2.75, 3.05) is 23.3 Å². The largest absolute Gasteiger partial charge is 0.355 e. The molecule has 0 saturated carbocycles. The molecule has 1 aliphatic rings. The van der Waals surface area contributed by atoms with Crippen molar-refractivity contribution in [3.63, 3.8) is 0 Å². The van der Waals surface area contributed by atoms with Crippen molar-refractivity contribution in [3.05, 3.63) is 35.8 Å². The molecule has 1 saturated heterocycles. The first kappa shape index (κ1) is 15.5. The minimum atomic E-state index is -1.54. The van der Waals surface area contributed by atoms with Gasteiger partial charge in [-0.25, -0.2) is 13.2 Å². The number of hydrogen-bond donors (Lipinski definition) is 1. The number of aromatic nitrogens is 3. The predicted octanol–water partition coefficient (Wildman–Crippen LogP) is 3.41. The van der Waals surface area contributed by atoms with Gasteiger partial charge in [-0.1, -0.05) is 12.8 Å². The summed E-state index contributed by atoms with van der Waals surface area (Å²) < 4.78 is 39.9. The number of halogens is 3. The molecular formula is C15H16F3N5. The highest BCUT2D eigenvalue weighted by atomic mass is 19.2. The summed E-state index contributed by atoms with van der Waals surface area (Å²) in [6, 6.07) is 1.93. The second-order valence-electron chi connectivity index (χ2n) is 5.39. The fraction of sp³-hybridized carbons (Fsp3) is 0.400. The van der Waals surface area contributed by atoms with Crippen LogP contribution < -0.4 is 10.2 Å². The van der Waals surface area contributed by atoms with Crippen molar-refractivity contribution in [3.8, 4) is 0 Å². The van der Waals surface area contributed by atoms with E-state index in [-0.39, 0.29) is 11.6 Å². The highest BCUT2D eigenvalue weighted by Crippen LogP contribution is 2.23. The van der Waals surface area contributed by atoms with Crippen molar-refractivity contribution in [2.45, 2.75) is 25.7 Å². The zero-order valence-electron chi connectivity index (χ0n) is 12.4. The van der Waals surface area contributed by atoms with Crippen LogP contribution in [0.2, 0.25) is 0 Å². The third kappa shape index (κ3) is 3.52. The Morgan fingerprint density at radius 3 is 2.43 bits per heavy atom. The number of nitrogens with zero attached hydrogens (tertiary/aromatic N) is 4. The van der Waals surface area contributed by atoms with E-state index in [1.54, 1.807) is 0 Å². The lowest BCUT2D eigenvalue weighted by Gasteiger charge is -2.21. The first-order chi connectivity index (χ1) is 11.1. The number of benzene rings is 1. The third-order valence-electron chi connectivity index (χ3n) is 3.76. The average molecular weight is 323 g/mol. The summed E-state index contributed by atoms with van der Waals surface area (Å²) in [6.45, 7) is 1.75. The lowest BCUT2D eigenvalue weighted by atomic mass is 10.2. The molecule has 8 heteroatoms. The molecule has 23 heavy (non-hydrogen) atoms. The zero-order valence-corrected chi connectivity index (χ0v) is 12.4. The normalized spacial score (nSPS) is 15.3. The van der Waals surface area contributed by atoms with E-state index < -0.39 is 17.5 Å². The van der Waals surface area contributed by atoms with Gasteiger partial charge in [0.2, 0.25) is 5.95 Å². The fourth-order valence-corrected chi connectivity index (χ4v) is 2.54. The highest BCUT2D eigenvalue weighted by Gasteiger charge is 2.16. The van der Waals surface area contributed by atoms with Crippen LogP contribution in [0.3, 0.4) is 0 Å². The summed E-state index contributed by atoms with van der Waals surface area (Å²) in [5.74, 6) is -3.42. The van der Waals surface area contributed by atoms with Gasteiger partial charge in [-0.2, -0.15) is 10.1 Å². The lowest BCUT2D eigenvalue weighted by Crippen LogP contribution is -2.25. The van der Waals surface area contributed by atoms with Crippen molar-refractivity contribution in [1.29, 1.82) is 0 Å². The SMILES string of the molecule is Fc1ccc(Nc2nncc(N3CCCCCC3)n2)c(F)c1F. The Balaban J connectivity index is 1.81. The molecule has 0 amide bonds. The van der Waals surface area contributed by atoms with Gasteiger partial charge in [-0.05, 0) is 25.0 Å². The summed E-state index contributed by atoms with van der Waals surface area (Å²) in [7, 11) is 0. The van der Waals surface area contributed by atoms with E-state index >= 15 is 0 Å². The molecular weight excluding hydrogens is 307 g/mol. The van der Waals surface area contributed by atoms with Gasteiger partial charge in [0.1, 0.15) is 0 Å². The maximum absolute atomic E-state index is 13.7. The number of hydrogen-bond acceptors (Lipinski definition) is 5. The minimum absolute atomic E-state index is 0.0386. The van der Waals surface area contributed by atoms with Gasteiger partial charge in [-0.15, -0.1) is 5.10 Å². The molecule has 3 rings (SSSR count). The summed E-state index contributed by atoms with van der Waals surface area (Å²) in [4.78, 5) is 6.38. The van der Waals surface area contributed by atoms with Crippen LogP contribution in [0, 0.1) is 17.5 Å². The molecule has 1 fully saturated rings. The smallest absolute Gasteiger partial charge is 0.249 e. The zero-order chi connectivity index (χ0) is 16.2. The van der Waals surface area contributed by atoms with Crippen LogP contribution in [0.25, 0.3) is 0 Å². The van der Waals surface area contributed by atoms with Crippen LogP contribution in [0.5, 0.6) is 0 Å². The Labute approximate surface area is 131 Å². The monoisotopic (exact) mass is 323 g/mol. The second-order valence-corrected chi connectivity index (χ2v) is 5.39. The quantitative estimate of drug-likeness (QED) is 0.877. The highest BCUT2D eigenvalue weighted by molar-refractivity contribution is 5.55. The van der Waals surface area contributed by atoms with Crippen molar-refractivity contribution < 1.29 is 13.2 Å². The van der Waals surface area contributed by atoms with Gasteiger partial charge in [0.15, 0.2) is 23.3 Å². The van der Waals surface area contributed by atoms with Crippen LogP contribution >= 0.6 is 0 Å². The van der Waals surface area contributed by atoms with Crippen molar-refractivity contribution in [2.24, 2.45) is 0 Å². The summed E-state index contributed by atoms with van der Waals surface area (Å²) in [5.41, 5.74) is -0.237. The molecule has 1 aromatic carbocycles. The standard InChI is InChI=1S/C15H16F3N5/c16-10-5-6-11(14(18)13(10)17)20-15-21-12(9-19-22-15)23-7-3-1-2-4-8-23/h5-6,9H,1-4,7-8H2,(H,20,21,22). The lowest BCUT2D eigenvalue weighted by molar-refractivity contribution is 0.449. The summed E-state index contributed by atoms with van der Waals surface area (Å²) in [6.07, 6.45) is 6.05. The fourth-order valence-electron chi connectivity index (χ4n) is 2.54. The molecule has 2 aromatic rings. The summed E-state index contributed by atoms with van der Waals surface area (Å²) in [5, 5.41) is 10.2. The maximum Gasteiger partial charge on any atom is 0.249 e. The van der Waals surface area contributed by atoms with Crippen LogP contribution in [0.15, 0.2) is 18.3 Å². The van der Waals surface area contributed by atoms with E-state index in [0.717, 1.165) is 38.1 Å². The van der Waals surface area contributed by atoms with E-state index in [9.17, 15) is 13.2 Å². The van der Waals surface area contributed by atoms with Gasteiger partial charge < -0.3 is 10.2 Å². The van der Waals surface area contributed by atoms with E-state index in [4.69, 9.17) is 0 Å². The molecule has 1 aliphatic heterocycles. The van der Waals surface area contributed by atoms with E-state index in [1.165, 1.54) is 19.0 Å². The van der Waals surface area contributed by atoms with Gasteiger partial charge in [0, 0.05) is 13.1 Å². The molecule has 0 spiro atoms. The minimum Gasteiger partial charge on any atom is -0.355 e. The van der Waals surface area contributed by atoms with Crippen LogP contribution in [0.4, 0.5) is 30.6 Å².